The van der Waals surface area contributed by atoms with Crippen LogP contribution in [0.25, 0.3) is 0 Å². The van der Waals surface area contributed by atoms with Crippen molar-refractivity contribution in [3.63, 3.8) is 0 Å². The molecule has 10 heteroatoms. The van der Waals surface area contributed by atoms with Crippen molar-refractivity contribution < 1.29 is 9.18 Å². The third-order valence-corrected chi connectivity index (χ3v) is 6.45. The minimum absolute atomic E-state index is 0.0604. The van der Waals surface area contributed by atoms with Crippen LogP contribution in [0.5, 0.6) is 0 Å². The molecule has 172 valence electrons. The van der Waals surface area contributed by atoms with Gasteiger partial charge in [-0.1, -0.05) is 0 Å². The molecule has 3 aromatic rings. The second-order valence-electron chi connectivity index (χ2n) is 8.65. The molecule has 2 aliphatic heterocycles. The average Bonchev–Trinajstić information content (AvgIpc) is 3.47. The number of benzene rings is 1. The number of hydrogen-bond donors (Lipinski definition) is 2. The van der Waals surface area contributed by atoms with E-state index in [1.165, 1.54) is 12.1 Å². The van der Waals surface area contributed by atoms with Gasteiger partial charge in [-0.3, -0.25) is 9.48 Å². The molecule has 0 bridgehead atoms. The van der Waals surface area contributed by atoms with Gasteiger partial charge in [0.25, 0.3) is 0 Å². The summed E-state index contributed by atoms with van der Waals surface area (Å²) in [6.45, 7) is 5.99. The Labute approximate surface area is 191 Å². The molecule has 1 amide bonds. The lowest BCUT2D eigenvalue weighted by atomic mass is 10.2. The van der Waals surface area contributed by atoms with E-state index >= 15 is 0 Å². The summed E-state index contributed by atoms with van der Waals surface area (Å²) < 4.78 is 15.2. The van der Waals surface area contributed by atoms with Crippen LogP contribution in [0.2, 0.25) is 0 Å². The lowest BCUT2D eigenvalue weighted by molar-refractivity contribution is -0.117. The molecule has 0 saturated carbocycles. The zero-order valence-corrected chi connectivity index (χ0v) is 18.9. The van der Waals surface area contributed by atoms with Crippen LogP contribution in [-0.4, -0.2) is 51.8 Å². The number of carbonyl (C=O) groups is 1. The highest BCUT2D eigenvalue weighted by molar-refractivity contribution is 6.03. The molecule has 1 fully saturated rings. The summed E-state index contributed by atoms with van der Waals surface area (Å²) in [7, 11) is 1.86. The second kappa shape index (κ2) is 8.34. The number of carbonyl (C=O) groups excluding carboxylic acids is 1. The first-order chi connectivity index (χ1) is 15.9. The van der Waals surface area contributed by atoms with E-state index in [-0.39, 0.29) is 23.8 Å². The number of aromatic nitrogens is 4. The summed E-state index contributed by atoms with van der Waals surface area (Å²) >= 11 is 0. The summed E-state index contributed by atoms with van der Waals surface area (Å²) in [5, 5.41) is 10.7. The van der Waals surface area contributed by atoms with E-state index in [0.717, 1.165) is 36.5 Å². The number of halogens is 1. The van der Waals surface area contributed by atoms with Crippen molar-refractivity contribution in [2.45, 2.75) is 38.9 Å². The number of hydrogen-bond acceptors (Lipinski definition) is 7. The minimum Gasteiger partial charge on any atom is -0.369 e. The number of fused-ring (bicyclic) bond motifs is 1. The lowest BCUT2D eigenvalue weighted by Gasteiger charge is -2.32. The highest BCUT2D eigenvalue weighted by Gasteiger charge is 2.30. The lowest BCUT2D eigenvalue weighted by Crippen LogP contribution is -2.44. The number of nitrogens with zero attached hydrogens (tertiary/aromatic N) is 6. The maximum absolute atomic E-state index is 13.2. The molecular weight excluding hydrogens is 423 g/mol. The Morgan fingerprint density at radius 3 is 2.82 bits per heavy atom. The maximum Gasteiger partial charge on any atom is 0.246 e. The van der Waals surface area contributed by atoms with Crippen molar-refractivity contribution in [3.8, 4) is 0 Å². The highest BCUT2D eigenvalue weighted by atomic mass is 19.1. The zero-order chi connectivity index (χ0) is 23.1. The van der Waals surface area contributed by atoms with Crippen molar-refractivity contribution in [3.05, 3.63) is 53.7 Å². The maximum atomic E-state index is 13.2. The Hall–Kier alpha value is -3.69. The molecule has 33 heavy (non-hydrogen) atoms. The fourth-order valence-corrected chi connectivity index (χ4v) is 4.32. The van der Waals surface area contributed by atoms with Gasteiger partial charge in [0, 0.05) is 44.1 Å². The molecule has 2 atom stereocenters. The molecule has 1 unspecified atom stereocenters. The molecule has 9 nitrogen and oxygen atoms in total. The summed E-state index contributed by atoms with van der Waals surface area (Å²) in [6, 6.07) is 6.61. The van der Waals surface area contributed by atoms with Gasteiger partial charge in [0.2, 0.25) is 11.9 Å². The Kier molecular flexibility index (Phi) is 5.35. The summed E-state index contributed by atoms with van der Waals surface area (Å²) in [6.07, 6.45) is 4.88. The second-order valence-corrected chi connectivity index (χ2v) is 8.65. The largest absolute Gasteiger partial charge is 0.369 e. The van der Waals surface area contributed by atoms with Crippen molar-refractivity contribution in [1.82, 2.24) is 19.7 Å². The van der Waals surface area contributed by atoms with Crippen molar-refractivity contribution in [2.24, 2.45) is 0 Å². The molecule has 2 aromatic heterocycles. The molecule has 1 saturated heterocycles. The third kappa shape index (κ3) is 4.08. The minimum atomic E-state index is -0.293. The Morgan fingerprint density at radius 2 is 2.03 bits per heavy atom. The Bertz CT molecular complexity index is 1180. The van der Waals surface area contributed by atoms with Gasteiger partial charge in [0.15, 0.2) is 5.82 Å². The van der Waals surface area contributed by atoms with Crippen LogP contribution >= 0.6 is 0 Å². The molecule has 2 N–H and O–H groups in total. The summed E-state index contributed by atoms with van der Waals surface area (Å²) in [5.41, 5.74) is 3.44. The summed E-state index contributed by atoms with van der Waals surface area (Å²) in [4.78, 5) is 25.3. The zero-order valence-electron chi connectivity index (χ0n) is 18.9. The van der Waals surface area contributed by atoms with Crippen LogP contribution in [0.1, 0.15) is 30.6 Å². The van der Waals surface area contributed by atoms with E-state index in [0.29, 0.717) is 24.0 Å². The van der Waals surface area contributed by atoms with Crippen LogP contribution in [-0.2, 0) is 11.3 Å². The Balaban J connectivity index is 1.24. The standard InChI is InChI=1S/C23H27FN8O/c1-14-20-21(30(3)15(2)22(33)28-20)29-23(27-14)25-10-16-11-26-32(12-16)19-8-9-31(13-19)18-6-4-17(24)5-7-18/h4-7,11-12,15,19H,8-10,13H2,1-3H3,(H,28,33)(H,25,27,29)/t15-,19?/m0/s1. The first-order valence-electron chi connectivity index (χ1n) is 11.1. The van der Waals surface area contributed by atoms with Gasteiger partial charge in [-0.15, -0.1) is 0 Å². The Morgan fingerprint density at radius 1 is 1.24 bits per heavy atom. The normalized spacial score (nSPS) is 20.1. The van der Waals surface area contributed by atoms with Crippen molar-refractivity contribution in [1.29, 1.82) is 0 Å². The number of aryl methyl sites for hydroxylation is 1. The van der Waals surface area contributed by atoms with Gasteiger partial charge >= 0.3 is 0 Å². The van der Waals surface area contributed by atoms with Crippen LogP contribution in [0.3, 0.4) is 0 Å². The van der Waals surface area contributed by atoms with Gasteiger partial charge in [0.05, 0.1) is 17.9 Å². The number of likely N-dealkylation sites (N-methyl/N-ethyl adjacent to an activating group) is 1. The fourth-order valence-electron chi connectivity index (χ4n) is 4.32. The first kappa shape index (κ1) is 21.2. The van der Waals surface area contributed by atoms with E-state index in [1.807, 2.05) is 55.0 Å². The molecular formula is C23H27FN8O. The SMILES string of the molecule is Cc1nc(NCc2cnn(C3CCN(c4ccc(F)cc4)C3)c2)nc2c1NC(=O)[C@H](C)N2C. The molecule has 4 heterocycles. The predicted molar refractivity (Wildman–Crippen MR) is 125 cm³/mol. The molecule has 5 rings (SSSR count). The quantitative estimate of drug-likeness (QED) is 0.618. The van der Waals surface area contributed by atoms with Crippen molar-refractivity contribution in [2.75, 3.05) is 40.6 Å². The first-order valence-corrected chi connectivity index (χ1v) is 11.1. The van der Waals surface area contributed by atoms with E-state index in [1.54, 1.807) is 0 Å². The van der Waals surface area contributed by atoms with E-state index in [9.17, 15) is 9.18 Å². The smallest absolute Gasteiger partial charge is 0.246 e. The topological polar surface area (TPSA) is 91.2 Å². The van der Waals surface area contributed by atoms with Gasteiger partial charge in [-0.2, -0.15) is 10.1 Å². The highest BCUT2D eigenvalue weighted by Crippen LogP contribution is 2.32. The van der Waals surface area contributed by atoms with Crippen molar-refractivity contribution >= 4 is 29.0 Å². The molecule has 0 radical (unpaired) electrons. The molecule has 0 spiro atoms. The van der Waals surface area contributed by atoms with Gasteiger partial charge < -0.3 is 20.4 Å². The van der Waals surface area contributed by atoms with Crippen LogP contribution < -0.4 is 20.4 Å². The molecule has 1 aromatic carbocycles. The average molecular weight is 451 g/mol. The van der Waals surface area contributed by atoms with E-state index in [4.69, 9.17) is 0 Å². The predicted octanol–water partition coefficient (Wildman–Crippen LogP) is 2.96. The van der Waals surface area contributed by atoms with E-state index < -0.39 is 0 Å². The van der Waals surface area contributed by atoms with Crippen LogP contribution in [0.15, 0.2) is 36.7 Å². The molecule has 2 aliphatic rings. The number of anilines is 4. The fraction of sp³-hybridized carbons (Fsp3) is 0.391. The summed E-state index contributed by atoms with van der Waals surface area (Å²) in [5.74, 6) is 0.939. The van der Waals surface area contributed by atoms with Crippen LogP contribution in [0, 0.1) is 12.7 Å². The van der Waals surface area contributed by atoms with E-state index in [2.05, 4.69) is 30.6 Å². The van der Waals surface area contributed by atoms with Gasteiger partial charge in [-0.25, -0.2) is 9.37 Å². The third-order valence-electron chi connectivity index (χ3n) is 6.45. The van der Waals surface area contributed by atoms with Gasteiger partial charge in [-0.05, 0) is 44.5 Å². The number of nitrogens with one attached hydrogen (secondary N) is 2. The molecule has 0 aliphatic carbocycles. The van der Waals surface area contributed by atoms with Gasteiger partial charge in [0.1, 0.15) is 17.5 Å². The monoisotopic (exact) mass is 450 g/mol. The van der Waals surface area contributed by atoms with Crippen LogP contribution in [0.4, 0.5) is 27.5 Å². The number of rotatable bonds is 5. The number of amides is 1.